The minimum atomic E-state index is -1.00. The molecule has 2 rings (SSSR count). The zero-order valence-electron chi connectivity index (χ0n) is 9.62. The topological polar surface area (TPSA) is 20.2 Å². The molecule has 18 heavy (non-hydrogen) atoms. The van der Waals surface area contributed by atoms with Crippen LogP contribution in [0.4, 0.5) is 4.39 Å². The normalized spacial score (nSPS) is 12.5. The van der Waals surface area contributed by atoms with E-state index in [2.05, 4.69) is 15.9 Å². The predicted octanol–water partition coefficient (Wildman–Crippen LogP) is 4.63. The van der Waals surface area contributed by atoms with E-state index in [9.17, 15) is 9.50 Å². The van der Waals surface area contributed by atoms with Crippen LogP contribution >= 0.6 is 27.5 Å². The van der Waals surface area contributed by atoms with E-state index in [0.717, 1.165) is 5.56 Å². The van der Waals surface area contributed by atoms with Crippen LogP contribution in [0.3, 0.4) is 0 Å². The molecule has 2 aromatic rings. The third-order valence-electron chi connectivity index (χ3n) is 2.77. The Labute approximate surface area is 118 Å². The third kappa shape index (κ3) is 2.58. The fourth-order valence-electron chi connectivity index (χ4n) is 1.75. The van der Waals surface area contributed by atoms with Gasteiger partial charge in [0.15, 0.2) is 0 Å². The molecule has 1 unspecified atom stereocenters. The van der Waals surface area contributed by atoms with Crippen molar-refractivity contribution in [2.45, 2.75) is 13.0 Å². The van der Waals surface area contributed by atoms with E-state index >= 15 is 0 Å². The summed E-state index contributed by atoms with van der Waals surface area (Å²) in [6, 6.07) is 10.0. The van der Waals surface area contributed by atoms with Gasteiger partial charge in [-0.2, -0.15) is 0 Å². The Morgan fingerprint density at radius 1 is 1.28 bits per heavy atom. The number of aryl methyl sites for hydroxylation is 1. The highest BCUT2D eigenvalue weighted by atomic mass is 79.9. The van der Waals surface area contributed by atoms with Gasteiger partial charge in [-0.25, -0.2) is 4.39 Å². The Hall–Kier alpha value is -0.900. The smallest absolute Gasteiger partial charge is 0.143 e. The van der Waals surface area contributed by atoms with Crippen LogP contribution in [0.2, 0.25) is 5.02 Å². The van der Waals surface area contributed by atoms with Gasteiger partial charge >= 0.3 is 0 Å². The number of aliphatic hydroxyl groups is 1. The number of benzene rings is 2. The average Bonchev–Trinajstić information content (AvgIpc) is 2.35. The van der Waals surface area contributed by atoms with Crippen LogP contribution in [0.25, 0.3) is 0 Å². The van der Waals surface area contributed by atoms with Crippen molar-refractivity contribution in [3.63, 3.8) is 0 Å². The first kappa shape index (κ1) is 13.5. The molecular weight excluding hydrogens is 319 g/mol. The molecule has 0 heterocycles. The summed E-state index contributed by atoms with van der Waals surface area (Å²) in [6.45, 7) is 1.84. The fraction of sp³-hybridized carbons (Fsp3) is 0.143. The lowest BCUT2D eigenvalue weighted by atomic mass is 9.99. The molecule has 1 N–H and O–H groups in total. The minimum absolute atomic E-state index is 0.242. The maximum absolute atomic E-state index is 13.9. The van der Waals surface area contributed by atoms with E-state index in [0.29, 0.717) is 15.1 Å². The molecule has 0 saturated carbocycles. The van der Waals surface area contributed by atoms with E-state index in [1.807, 2.05) is 6.92 Å². The fourth-order valence-corrected chi connectivity index (χ4v) is 2.25. The second kappa shape index (κ2) is 5.39. The first-order valence-electron chi connectivity index (χ1n) is 5.38. The highest BCUT2D eigenvalue weighted by Gasteiger charge is 2.17. The number of aliphatic hydroxyl groups excluding tert-OH is 1. The van der Waals surface area contributed by atoms with Gasteiger partial charge in [0.1, 0.15) is 11.9 Å². The average molecular weight is 330 g/mol. The van der Waals surface area contributed by atoms with Crippen molar-refractivity contribution < 1.29 is 9.50 Å². The van der Waals surface area contributed by atoms with Crippen molar-refractivity contribution in [2.24, 2.45) is 0 Å². The molecule has 0 spiro atoms. The molecule has 0 aromatic heterocycles. The second-order valence-electron chi connectivity index (χ2n) is 4.05. The van der Waals surface area contributed by atoms with E-state index in [-0.39, 0.29) is 5.56 Å². The predicted molar refractivity (Wildman–Crippen MR) is 74.4 cm³/mol. The van der Waals surface area contributed by atoms with Gasteiger partial charge in [0.2, 0.25) is 0 Å². The van der Waals surface area contributed by atoms with E-state index in [1.54, 1.807) is 36.4 Å². The van der Waals surface area contributed by atoms with Crippen LogP contribution in [0.15, 0.2) is 40.9 Å². The lowest BCUT2D eigenvalue weighted by Crippen LogP contribution is -2.03. The van der Waals surface area contributed by atoms with Gasteiger partial charge in [-0.1, -0.05) is 35.9 Å². The highest BCUT2D eigenvalue weighted by Crippen LogP contribution is 2.29. The van der Waals surface area contributed by atoms with Crippen LogP contribution in [0.5, 0.6) is 0 Å². The molecule has 2 aromatic carbocycles. The molecule has 0 aliphatic carbocycles. The van der Waals surface area contributed by atoms with Gasteiger partial charge in [0, 0.05) is 10.6 Å². The molecule has 0 bridgehead atoms. The van der Waals surface area contributed by atoms with E-state index in [4.69, 9.17) is 11.6 Å². The summed E-state index contributed by atoms with van der Waals surface area (Å²) in [5.74, 6) is -0.447. The lowest BCUT2D eigenvalue weighted by Gasteiger charge is -2.14. The van der Waals surface area contributed by atoms with Gasteiger partial charge in [-0.3, -0.25) is 0 Å². The summed E-state index contributed by atoms with van der Waals surface area (Å²) in [4.78, 5) is 0. The first-order chi connectivity index (χ1) is 8.50. The summed E-state index contributed by atoms with van der Waals surface area (Å²) in [7, 11) is 0. The van der Waals surface area contributed by atoms with Gasteiger partial charge in [0.05, 0.1) is 4.47 Å². The molecule has 0 radical (unpaired) electrons. The van der Waals surface area contributed by atoms with Crippen molar-refractivity contribution in [1.82, 2.24) is 0 Å². The molecule has 0 aliphatic rings. The van der Waals surface area contributed by atoms with Crippen LogP contribution < -0.4 is 0 Å². The summed E-state index contributed by atoms with van der Waals surface area (Å²) >= 11 is 9.03. The van der Waals surface area contributed by atoms with E-state index < -0.39 is 11.9 Å². The zero-order valence-corrected chi connectivity index (χ0v) is 12.0. The van der Waals surface area contributed by atoms with Gasteiger partial charge in [0.25, 0.3) is 0 Å². The Kier molecular flexibility index (Phi) is 4.05. The van der Waals surface area contributed by atoms with Crippen LogP contribution in [-0.2, 0) is 0 Å². The monoisotopic (exact) mass is 328 g/mol. The molecule has 0 amide bonds. The van der Waals surface area contributed by atoms with Crippen LogP contribution in [0, 0.1) is 12.7 Å². The molecule has 4 heteroatoms. The Balaban J connectivity index is 2.44. The Morgan fingerprint density at radius 3 is 2.67 bits per heavy atom. The van der Waals surface area contributed by atoms with Gasteiger partial charge in [-0.15, -0.1) is 0 Å². The zero-order chi connectivity index (χ0) is 13.3. The van der Waals surface area contributed by atoms with Crippen molar-refractivity contribution in [3.05, 3.63) is 68.4 Å². The maximum atomic E-state index is 13.9. The minimum Gasteiger partial charge on any atom is -0.384 e. The SMILES string of the molecule is Cc1cc(C(O)c2cccc(Br)c2F)ccc1Cl. The van der Waals surface area contributed by atoms with Crippen molar-refractivity contribution in [2.75, 3.05) is 0 Å². The van der Waals surface area contributed by atoms with Crippen molar-refractivity contribution >= 4 is 27.5 Å². The second-order valence-corrected chi connectivity index (χ2v) is 5.32. The molecular formula is C14H11BrClFO. The summed E-state index contributed by atoms with van der Waals surface area (Å²) in [5, 5.41) is 10.8. The number of halogens is 3. The lowest BCUT2D eigenvalue weighted by molar-refractivity contribution is 0.214. The Bertz CT molecular complexity index is 586. The molecule has 1 atom stereocenters. The van der Waals surface area contributed by atoms with E-state index in [1.165, 1.54) is 0 Å². The van der Waals surface area contributed by atoms with Crippen molar-refractivity contribution in [1.29, 1.82) is 0 Å². The number of rotatable bonds is 2. The maximum Gasteiger partial charge on any atom is 0.143 e. The molecule has 1 nitrogen and oxygen atoms in total. The van der Waals surface area contributed by atoms with Crippen LogP contribution in [-0.4, -0.2) is 5.11 Å². The summed E-state index contributed by atoms with van der Waals surface area (Å²) in [6.07, 6.45) is -1.00. The van der Waals surface area contributed by atoms with Crippen LogP contribution in [0.1, 0.15) is 22.8 Å². The number of hydrogen-bond donors (Lipinski definition) is 1. The van der Waals surface area contributed by atoms with Gasteiger partial charge in [-0.05, 0) is 46.1 Å². The quantitative estimate of drug-likeness (QED) is 0.851. The van der Waals surface area contributed by atoms with Gasteiger partial charge < -0.3 is 5.11 Å². The first-order valence-corrected chi connectivity index (χ1v) is 6.56. The standard InChI is InChI=1S/C14H11BrClFO/c1-8-7-9(5-6-12(8)16)14(18)10-3-2-4-11(15)13(10)17/h2-7,14,18H,1H3. The number of hydrogen-bond acceptors (Lipinski definition) is 1. The summed E-state index contributed by atoms with van der Waals surface area (Å²) < 4.78 is 14.2. The molecule has 0 saturated heterocycles. The van der Waals surface area contributed by atoms with Crippen molar-refractivity contribution in [3.8, 4) is 0 Å². The molecule has 0 aliphatic heterocycles. The Morgan fingerprint density at radius 2 is 2.00 bits per heavy atom. The molecule has 94 valence electrons. The summed E-state index contributed by atoms with van der Waals surface area (Å²) in [5.41, 5.74) is 1.71. The largest absolute Gasteiger partial charge is 0.384 e. The molecule has 0 fully saturated rings. The third-order valence-corrected chi connectivity index (χ3v) is 3.81. The highest BCUT2D eigenvalue weighted by molar-refractivity contribution is 9.10.